The minimum atomic E-state index is -3.75. The smallest absolute Gasteiger partial charge is 0.240 e. The molecule has 0 spiro atoms. The van der Waals surface area contributed by atoms with Gasteiger partial charge in [0.25, 0.3) is 0 Å². The fourth-order valence-electron chi connectivity index (χ4n) is 2.71. The van der Waals surface area contributed by atoms with E-state index in [9.17, 15) is 13.2 Å². The summed E-state index contributed by atoms with van der Waals surface area (Å²) in [6.45, 7) is 3.65. The van der Waals surface area contributed by atoms with E-state index in [-0.39, 0.29) is 16.8 Å². The molecule has 2 aromatic rings. The van der Waals surface area contributed by atoms with Gasteiger partial charge in [0.1, 0.15) is 5.75 Å². The number of anilines is 2. The van der Waals surface area contributed by atoms with Crippen LogP contribution in [0.4, 0.5) is 11.4 Å². The fourth-order valence-corrected chi connectivity index (χ4v) is 3.97. The molecule has 0 heterocycles. The van der Waals surface area contributed by atoms with Crippen molar-refractivity contribution in [2.45, 2.75) is 24.8 Å². The van der Waals surface area contributed by atoms with Crippen LogP contribution in [0.5, 0.6) is 5.75 Å². The molecule has 8 heteroatoms. The summed E-state index contributed by atoms with van der Waals surface area (Å²) < 4.78 is 33.3. The highest BCUT2D eigenvalue weighted by atomic mass is 32.2. The van der Waals surface area contributed by atoms with Gasteiger partial charge in [0.15, 0.2) is 0 Å². The van der Waals surface area contributed by atoms with Gasteiger partial charge in [-0.1, -0.05) is 18.2 Å². The van der Waals surface area contributed by atoms with Crippen LogP contribution >= 0.6 is 0 Å². The zero-order chi connectivity index (χ0) is 20.0. The van der Waals surface area contributed by atoms with Crippen molar-refractivity contribution < 1.29 is 17.9 Å². The van der Waals surface area contributed by atoms with E-state index in [0.29, 0.717) is 18.0 Å². The summed E-state index contributed by atoms with van der Waals surface area (Å²) in [5.41, 5.74) is 1.31. The number of nitrogens with zero attached hydrogens (tertiary/aromatic N) is 1. The number of nitrogens with one attached hydrogen (secondary N) is 2. The van der Waals surface area contributed by atoms with Crippen LogP contribution in [-0.4, -0.2) is 41.1 Å². The highest BCUT2D eigenvalue weighted by Crippen LogP contribution is 2.27. The molecule has 7 nitrogen and oxygen atoms in total. The Bertz CT molecular complexity index is 885. The fraction of sp³-hybridized carbons (Fsp3) is 0.316. The van der Waals surface area contributed by atoms with Gasteiger partial charge < -0.3 is 15.0 Å². The Balaban J connectivity index is 2.14. The van der Waals surface area contributed by atoms with Crippen molar-refractivity contribution in [1.82, 2.24) is 4.72 Å². The second-order valence-corrected chi connectivity index (χ2v) is 8.00. The Morgan fingerprint density at radius 3 is 2.44 bits per heavy atom. The second-order valence-electron chi connectivity index (χ2n) is 6.28. The number of carbonyl (C=O) groups excluding carboxylic acids is 1. The number of amides is 1. The monoisotopic (exact) mass is 391 g/mol. The van der Waals surface area contributed by atoms with Gasteiger partial charge in [0.05, 0.1) is 17.7 Å². The second kappa shape index (κ2) is 8.88. The average Bonchev–Trinajstić information content (AvgIpc) is 2.61. The lowest BCUT2D eigenvalue weighted by Gasteiger charge is -2.24. The van der Waals surface area contributed by atoms with Crippen LogP contribution in [0.2, 0.25) is 0 Å². The Labute approximate surface area is 160 Å². The largest absolute Gasteiger partial charge is 0.495 e. The van der Waals surface area contributed by atoms with Crippen molar-refractivity contribution in [2.75, 3.05) is 30.9 Å². The minimum absolute atomic E-state index is 0.0567. The lowest BCUT2D eigenvalue weighted by atomic mass is 10.2. The molecule has 0 fully saturated rings. The molecule has 2 N–H and O–H groups in total. The summed E-state index contributed by atoms with van der Waals surface area (Å²) >= 11 is 0. The first-order valence-electron chi connectivity index (χ1n) is 8.47. The first-order valence-corrected chi connectivity index (χ1v) is 9.95. The van der Waals surface area contributed by atoms with Crippen molar-refractivity contribution in [3.8, 4) is 5.75 Å². The maximum atomic E-state index is 12.7. The number of para-hydroxylation sites is 1. The van der Waals surface area contributed by atoms with Crippen LogP contribution < -0.4 is 19.7 Å². The summed E-state index contributed by atoms with van der Waals surface area (Å²) in [4.78, 5) is 13.4. The molecule has 1 atom stereocenters. The predicted octanol–water partition coefficient (Wildman–Crippen LogP) is 2.46. The van der Waals surface area contributed by atoms with Gasteiger partial charge in [0, 0.05) is 32.2 Å². The number of hydrogen-bond donors (Lipinski definition) is 2. The summed E-state index contributed by atoms with van der Waals surface area (Å²) in [6, 6.07) is 13.7. The standard InChI is InChI=1S/C19H25N3O4S/c1-14(13-22(3)16-8-6-5-7-9-16)21-27(24,25)17-10-11-19(26-4)18(12-17)20-15(2)23/h5-12,14,21H,13H2,1-4H3,(H,20,23). The molecule has 1 amide bonds. The molecule has 2 rings (SSSR count). The number of hydrogen-bond acceptors (Lipinski definition) is 5. The lowest BCUT2D eigenvalue weighted by molar-refractivity contribution is -0.114. The number of methoxy groups -OCH3 is 1. The molecule has 0 aliphatic heterocycles. The zero-order valence-electron chi connectivity index (χ0n) is 15.9. The number of likely N-dealkylation sites (N-methyl/N-ethyl adjacent to an activating group) is 1. The van der Waals surface area contributed by atoms with Crippen LogP contribution in [-0.2, 0) is 14.8 Å². The highest BCUT2D eigenvalue weighted by molar-refractivity contribution is 7.89. The van der Waals surface area contributed by atoms with Gasteiger partial charge in [0.2, 0.25) is 15.9 Å². The van der Waals surface area contributed by atoms with Crippen molar-refractivity contribution in [1.29, 1.82) is 0 Å². The normalized spacial score (nSPS) is 12.3. The van der Waals surface area contributed by atoms with E-state index in [1.54, 1.807) is 6.92 Å². The van der Waals surface area contributed by atoms with Crippen LogP contribution in [0.15, 0.2) is 53.4 Å². The van der Waals surface area contributed by atoms with E-state index < -0.39 is 10.0 Å². The molecule has 27 heavy (non-hydrogen) atoms. The zero-order valence-corrected chi connectivity index (χ0v) is 16.7. The summed E-state index contributed by atoms with van der Waals surface area (Å²) in [5.74, 6) is 0.0784. The number of rotatable bonds is 8. The van der Waals surface area contributed by atoms with Gasteiger partial charge in [-0.2, -0.15) is 0 Å². The molecule has 0 saturated heterocycles. The van der Waals surface area contributed by atoms with E-state index in [0.717, 1.165) is 5.69 Å². The van der Waals surface area contributed by atoms with Crippen LogP contribution in [0.3, 0.4) is 0 Å². The van der Waals surface area contributed by atoms with Crippen molar-refractivity contribution in [2.24, 2.45) is 0 Å². The van der Waals surface area contributed by atoms with Crippen molar-refractivity contribution in [3.63, 3.8) is 0 Å². The quantitative estimate of drug-likeness (QED) is 0.722. The molecular weight excluding hydrogens is 366 g/mol. The molecule has 1 unspecified atom stereocenters. The first kappa shape index (κ1) is 20.7. The molecular formula is C19H25N3O4S. The predicted molar refractivity (Wildman–Crippen MR) is 107 cm³/mol. The lowest BCUT2D eigenvalue weighted by Crippen LogP contribution is -2.40. The molecule has 2 aromatic carbocycles. The number of carbonyl (C=O) groups is 1. The Hall–Kier alpha value is -2.58. The van der Waals surface area contributed by atoms with E-state index >= 15 is 0 Å². The molecule has 0 aromatic heterocycles. The molecule has 0 radical (unpaired) electrons. The maximum absolute atomic E-state index is 12.7. The SMILES string of the molecule is COc1ccc(S(=O)(=O)NC(C)CN(C)c2ccccc2)cc1NC(C)=O. The van der Waals surface area contributed by atoms with Crippen LogP contribution in [0.1, 0.15) is 13.8 Å². The Morgan fingerprint density at radius 1 is 1.19 bits per heavy atom. The topological polar surface area (TPSA) is 87.7 Å². The molecule has 146 valence electrons. The molecule has 0 aliphatic carbocycles. The minimum Gasteiger partial charge on any atom is -0.495 e. The van der Waals surface area contributed by atoms with Gasteiger partial charge in [-0.15, -0.1) is 0 Å². The summed E-state index contributed by atoms with van der Waals surface area (Å²) in [7, 11) is -0.396. The number of ether oxygens (including phenoxy) is 1. The first-order chi connectivity index (χ1) is 12.7. The van der Waals surface area contributed by atoms with E-state index in [1.807, 2.05) is 42.3 Å². The number of sulfonamides is 1. The van der Waals surface area contributed by atoms with Crippen LogP contribution in [0, 0.1) is 0 Å². The molecule has 0 saturated carbocycles. The Morgan fingerprint density at radius 2 is 1.85 bits per heavy atom. The third-order valence-corrected chi connectivity index (χ3v) is 5.48. The van der Waals surface area contributed by atoms with Crippen molar-refractivity contribution >= 4 is 27.3 Å². The average molecular weight is 391 g/mol. The van der Waals surface area contributed by atoms with E-state index in [1.165, 1.54) is 32.2 Å². The van der Waals surface area contributed by atoms with E-state index in [2.05, 4.69) is 10.0 Å². The maximum Gasteiger partial charge on any atom is 0.240 e. The van der Waals surface area contributed by atoms with Gasteiger partial charge in [-0.25, -0.2) is 13.1 Å². The number of benzene rings is 2. The summed E-state index contributed by atoms with van der Waals surface area (Å²) in [5, 5.41) is 2.58. The van der Waals surface area contributed by atoms with Crippen molar-refractivity contribution in [3.05, 3.63) is 48.5 Å². The van der Waals surface area contributed by atoms with Gasteiger partial charge in [-0.3, -0.25) is 4.79 Å². The summed E-state index contributed by atoms with van der Waals surface area (Å²) in [6.07, 6.45) is 0. The van der Waals surface area contributed by atoms with Gasteiger partial charge in [-0.05, 0) is 37.3 Å². The third-order valence-electron chi connectivity index (χ3n) is 3.89. The molecule has 0 aliphatic rings. The highest BCUT2D eigenvalue weighted by Gasteiger charge is 2.20. The third kappa shape index (κ3) is 5.70. The van der Waals surface area contributed by atoms with E-state index in [4.69, 9.17) is 4.74 Å². The molecule has 0 bridgehead atoms. The van der Waals surface area contributed by atoms with Gasteiger partial charge >= 0.3 is 0 Å². The van der Waals surface area contributed by atoms with Crippen LogP contribution in [0.25, 0.3) is 0 Å². The Kier molecular flexibility index (Phi) is 6.81.